The van der Waals surface area contributed by atoms with Gasteiger partial charge < -0.3 is 4.90 Å². The minimum atomic E-state index is -2.62. The summed E-state index contributed by atoms with van der Waals surface area (Å²) in [6, 6.07) is 0. The third-order valence-corrected chi connectivity index (χ3v) is 4.66. The average Bonchev–Trinajstić information content (AvgIpc) is 2.60. The van der Waals surface area contributed by atoms with Gasteiger partial charge in [-0.3, -0.25) is 4.79 Å². The number of fused-ring (bicyclic) bond motifs is 2. The van der Waals surface area contributed by atoms with E-state index in [1.165, 1.54) is 11.2 Å². The van der Waals surface area contributed by atoms with Crippen LogP contribution >= 0.6 is 0 Å². The smallest absolute Gasteiger partial charge is 0.272 e. The van der Waals surface area contributed by atoms with Crippen LogP contribution in [0.1, 0.15) is 34.6 Å². The van der Waals surface area contributed by atoms with E-state index in [2.05, 4.69) is 9.97 Å². The van der Waals surface area contributed by atoms with Crippen LogP contribution in [0.5, 0.6) is 0 Å². The van der Waals surface area contributed by atoms with Crippen LogP contribution in [-0.4, -0.2) is 39.8 Å². The maximum atomic E-state index is 13.9. The number of alkyl halides is 2. The van der Waals surface area contributed by atoms with Gasteiger partial charge in [0.15, 0.2) is 0 Å². The Morgan fingerprint density at radius 2 is 1.85 bits per heavy atom. The van der Waals surface area contributed by atoms with Crippen molar-refractivity contribution in [3.63, 3.8) is 0 Å². The Morgan fingerprint density at radius 1 is 1.25 bits per heavy atom. The molecule has 6 heteroatoms. The van der Waals surface area contributed by atoms with Crippen LogP contribution in [0, 0.1) is 25.7 Å². The van der Waals surface area contributed by atoms with Gasteiger partial charge in [0, 0.05) is 36.2 Å². The molecular formula is C14H17F2N3O. The van der Waals surface area contributed by atoms with Gasteiger partial charge in [-0.2, -0.15) is 0 Å². The van der Waals surface area contributed by atoms with Crippen molar-refractivity contribution in [2.24, 2.45) is 11.8 Å². The average molecular weight is 281 g/mol. The predicted molar refractivity (Wildman–Crippen MR) is 68.6 cm³/mol. The molecule has 1 aliphatic carbocycles. The molecule has 4 nitrogen and oxygen atoms in total. The summed E-state index contributed by atoms with van der Waals surface area (Å²) in [4.78, 5) is 22.1. The molecular weight excluding hydrogens is 264 g/mol. The maximum absolute atomic E-state index is 13.9. The van der Waals surface area contributed by atoms with Gasteiger partial charge in [0.25, 0.3) is 11.8 Å². The number of carbonyl (C=O) groups excluding carboxylic acids is 1. The zero-order valence-corrected chi connectivity index (χ0v) is 11.6. The zero-order chi connectivity index (χ0) is 14.5. The van der Waals surface area contributed by atoms with Crippen molar-refractivity contribution in [1.82, 2.24) is 14.9 Å². The summed E-state index contributed by atoms with van der Waals surface area (Å²) >= 11 is 0. The van der Waals surface area contributed by atoms with Crippen LogP contribution in [0.2, 0.25) is 0 Å². The molecule has 0 N–H and O–H groups in total. The molecule has 1 amide bonds. The molecule has 3 rings (SSSR count). The van der Waals surface area contributed by atoms with Crippen molar-refractivity contribution < 1.29 is 13.6 Å². The van der Waals surface area contributed by atoms with Crippen LogP contribution in [0.25, 0.3) is 0 Å². The number of amides is 1. The van der Waals surface area contributed by atoms with Gasteiger partial charge in [0.1, 0.15) is 12.0 Å². The fourth-order valence-corrected chi connectivity index (χ4v) is 3.22. The monoisotopic (exact) mass is 281 g/mol. The lowest BCUT2D eigenvalue weighted by atomic mass is 9.93. The standard InChI is InChI=1S/C14H17F2N3O/c1-8-9(2)17-7-18-12(8)13(20)19-5-10-3-4-11(6-19)14(10,15)16/h7,10-11H,3-6H2,1-2H3. The Morgan fingerprint density at radius 3 is 2.45 bits per heavy atom. The molecule has 1 saturated carbocycles. The van der Waals surface area contributed by atoms with E-state index in [1.807, 2.05) is 6.92 Å². The van der Waals surface area contributed by atoms with Gasteiger partial charge in [-0.05, 0) is 26.7 Å². The first-order chi connectivity index (χ1) is 9.41. The van der Waals surface area contributed by atoms with E-state index in [1.54, 1.807) is 6.92 Å². The molecule has 2 atom stereocenters. The first-order valence-corrected chi connectivity index (χ1v) is 6.86. The Balaban J connectivity index is 1.85. The number of rotatable bonds is 1. The van der Waals surface area contributed by atoms with Crippen LogP contribution in [0.4, 0.5) is 8.78 Å². The maximum Gasteiger partial charge on any atom is 0.272 e. The summed E-state index contributed by atoms with van der Waals surface area (Å²) in [7, 11) is 0. The second-order valence-electron chi connectivity index (χ2n) is 5.79. The van der Waals surface area contributed by atoms with Crippen LogP contribution < -0.4 is 0 Å². The van der Waals surface area contributed by atoms with Crippen molar-refractivity contribution in [3.8, 4) is 0 Å². The summed E-state index contributed by atoms with van der Waals surface area (Å²) in [5, 5.41) is 0. The number of aryl methyl sites for hydroxylation is 1. The molecule has 0 spiro atoms. The number of piperidine rings is 1. The van der Waals surface area contributed by atoms with Crippen LogP contribution in [-0.2, 0) is 0 Å². The Labute approximate surface area is 116 Å². The topological polar surface area (TPSA) is 46.1 Å². The van der Waals surface area contributed by atoms with Crippen LogP contribution in [0.3, 0.4) is 0 Å². The molecule has 0 radical (unpaired) electrons. The van der Waals surface area contributed by atoms with E-state index in [-0.39, 0.29) is 19.0 Å². The summed E-state index contributed by atoms with van der Waals surface area (Å²) in [6.07, 6.45) is 2.36. The molecule has 108 valence electrons. The third-order valence-electron chi connectivity index (χ3n) is 4.66. The molecule has 1 aromatic rings. The SMILES string of the molecule is Cc1ncnc(C(=O)N2CC3CCC(C2)C3(F)F)c1C. The largest absolute Gasteiger partial charge is 0.336 e. The number of carbonyl (C=O) groups is 1. The highest BCUT2D eigenvalue weighted by molar-refractivity contribution is 5.93. The van der Waals surface area contributed by atoms with E-state index in [0.29, 0.717) is 18.5 Å². The molecule has 1 saturated heterocycles. The van der Waals surface area contributed by atoms with E-state index < -0.39 is 17.8 Å². The highest BCUT2D eigenvalue weighted by Crippen LogP contribution is 2.48. The molecule has 2 aliphatic rings. The van der Waals surface area contributed by atoms with Gasteiger partial charge in [0.2, 0.25) is 0 Å². The predicted octanol–water partition coefficient (Wildman–Crippen LogP) is 2.21. The quantitative estimate of drug-likeness (QED) is 0.793. The van der Waals surface area contributed by atoms with Crippen molar-refractivity contribution in [1.29, 1.82) is 0 Å². The van der Waals surface area contributed by atoms with E-state index in [0.717, 1.165) is 11.3 Å². The molecule has 1 aromatic heterocycles. The van der Waals surface area contributed by atoms with Crippen LogP contribution in [0.15, 0.2) is 6.33 Å². The first kappa shape index (κ1) is 13.4. The van der Waals surface area contributed by atoms with Gasteiger partial charge >= 0.3 is 0 Å². The Kier molecular flexibility index (Phi) is 2.99. The number of aromatic nitrogens is 2. The van der Waals surface area contributed by atoms with E-state index in [9.17, 15) is 13.6 Å². The second-order valence-corrected chi connectivity index (χ2v) is 5.79. The molecule has 0 aromatic carbocycles. The fraction of sp³-hybridized carbons (Fsp3) is 0.643. The fourth-order valence-electron chi connectivity index (χ4n) is 3.22. The summed E-state index contributed by atoms with van der Waals surface area (Å²) < 4.78 is 27.7. The van der Waals surface area contributed by atoms with Crippen molar-refractivity contribution in [3.05, 3.63) is 23.3 Å². The number of hydrogen-bond donors (Lipinski definition) is 0. The first-order valence-electron chi connectivity index (χ1n) is 6.86. The lowest BCUT2D eigenvalue weighted by Crippen LogP contribution is -2.51. The van der Waals surface area contributed by atoms with Gasteiger partial charge in [0.05, 0.1) is 0 Å². The van der Waals surface area contributed by atoms with E-state index >= 15 is 0 Å². The Hall–Kier alpha value is -1.59. The molecule has 2 fully saturated rings. The number of likely N-dealkylation sites (tertiary alicyclic amines) is 1. The summed E-state index contributed by atoms with van der Waals surface area (Å²) in [6.45, 7) is 3.85. The third kappa shape index (κ3) is 1.89. The highest BCUT2D eigenvalue weighted by Gasteiger charge is 2.56. The summed E-state index contributed by atoms with van der Waals surface area (Å²) in [5.74, 6) is -4.27. The van der Waals surface area contributed by atoms with Crippen molar-refractivity contribution in [2.75, 3.05) is 13.1 Å². The zero-order valence-electron chi connectivity index (χ0n) is 11.6. The second kappa shape index (κ2) is 4.46. The van der Waals surface area contributed by atoms with Gasteiger partial charge in [-0.15, -0.1) is 0 Å². The van der Waals surface area contributed by atoms with Gasteiger partial charge in [-0.25, -0.2) is 18.7 Å². The number of halogens is 2. The minimum Gasteiger partial charge on any atom is -0.336 e. The van der Waals surface area contributed by atoms with E-state index in [4.69, 9.17) is 0 Å². The van der Waals surface area contributed by atoms with Crippen molar-refractivity contribution in [2.45, 2.75) is 32.6 Å². The minimum absolute atomic E-state index is 0.130. The molecule has 20 heavy (non-hydrogen) atoms. The van der Waals surface area contributed by atoms with Crippen molar-refractivity contribution >= 4 is 5.91 Å². The normalized spacial score (nSPS) is 27.7. The molecule has 2 unspecified atom stereocenters. The lowest BCUT2D eigenvalue weighted by Gasteiger charge is -2.37. The Bertz CT molecular complexity index is 545. The number of nitrogens with zero attached hydrogens (tertiary/aromatic N) is 3. The van der Waals surface area contributed by atoms with Gasteiger partial charge in [-0.1, -0.05) is 0 Å². The molecule has 2 bridgehead atoms. The molecule has 1 aliphatic heterocycles. The molecule has 2 heterocycles. The lowest BCUT2D eigenvalue weighted by molar-refractivity contribution is -0.110. The number of hydrogen-bond acceptors (Lipinski definition) is 3. The summed E-state index contributed by atoms with van der Waals surface area (Å²) in [5.41, 5.74) is 1.80. The highest BCUT2D eigenvalue weighted by atomic mass is 19.3.